The Morgan fingerprint density at radius 3 is 2.25 bits per heavy atom. The van der Waals surface area contributed by atoms with Gasteiger partial charge in [-0.3, -0.25) is 4.79 Å². The number of nitrogens with two attached hydrogens (primary N) is 1. The van der Waals surface area contributed by atoms with Crippen molar-refractivity contribution in [2.24, 2.45) is 11.7 Å². The van der Waals surface area contributed by atoms with Crippen LogP contribution in [0.4, 0.5) is 13.2 Å². The molecule has 0 aromatic rings. The second-order valence-corrected chi connectivity index (χ2v) is 6.30. The van der Waals surface area contributed by atoms with E-state index in [1.807, 2.05) is 0 Å². The maximum atomic E-state index is 12.6. The molecule has 2 aliphatic rings. The average molecular weight is 293 g/mol. The van der Waals surface area contributed by atoms with Gasteiger partial charge in [-0.05, 0) is 45.6 Å². The first-order valence-electron chi connectivity index (χ1n) is 6.98. The van der Waals surface area contributed by atoms with E-state index < -0.39 is 17.6 Å². The van der Waals surface area contributed by atoms with Gasteiger partial charge in [0.2, 0.25) is 5.91 Å². The van der Waals surface area contributed by atoms with Crippen LogP contribution in [-0.4, -0.2) is 48.2 Å². The Morgan fingerprint density at radius 2 is 1.80 bits per heavy atom. The van der Waals surface area contributed by atoms with Crippen LogP contribution in [0.5, 0.6) is 0 Å². The van der Waals surface area contributed by atoms with Gasteiger partial charge in [-0.15, -0.1) is 0 Å². The zero-order valence-corrected chi connectivity index (χ0v) is 11.8. The summed E-state index contributed by atoms with van der Waals surface area (Å²) in [6, 6.07) is 1.00. The van der Waals surface area contributed by atoms with Crippen molar-refractivity contribution in [1.82, 2.24) is 10.2 Å². The van der Waals surface area contributed by atoms with Crippen LogP contribution in [0.25, 0.3) is 0 Å². The number of carbonyl (C=O) groups is 1. The van der Waals surface area contributed by atoms with Crippen molar-refractivity contribution < 1.29 is 18.0 Å². The molecule has 4 nitrogen and oxygen atoms in total. The maximum Gasteiger partial charge on any atom is 0.415 e. The summed E-state index contributed by atoms with van der Waals surface area (Å²) in [5.74, 6) is -0.895. The highest BCUT2D eigenvalue weighted by atomic mass is 19.4. The number of rotatable bonds is 3. The third kappa shape index (κ3) is 2.79. The summed E-state index contributed by atoms with van der Waals surface area (Å²) < 4.78 is 37.9. The normalized spacial score (nSPS) is 33.8. The molecule has 2 rings (SSSR count). The Bertz CT molecular complexity index is 370. The highest BCUT2D eigenvalue weighted by molar-refractivity contribution is 5.86. The Kier molecular flexibility index (Phi) is 4.03. The number of nitrogens with zero attached hydrogens (tertiary/aromatic N) is 1. The summed E-state index contributed by atoms with van der Waals surface area (Å²) in [6.07, 6.45) is -0.588. The highest BCUT2D eigenvalue weighted by Crippen LogP contribution is 2.37. The number of hydrogen-bond acceptors (Lipinski definition) is 3. The summed E-state index contributed by atoms with van der Waals surface area (Å²) in [4.78, 5) is 14.0. The minimum Gasteiger partial charge on any atom is -0.354 e. The van der Waals surface area contributed by atoms with Crippen molar-refractivity contribution >= 4 is 5.91 Å². The van der Waals surface area contributed by atoms with Crippen LogP contribution >= 0.6 is 0 Å². The average Bonchev–Trinajstić information content (AvgIpc) is 2.58. The van der Waals surface area contributed by atoms with Gasteiger partial charge in [-0.25, -0.2) is 0 Å². The molecule has 0 aromatic carbocycles. The molecule has 20 heavy (non-hydrogen) atoms. The molecule has 2 heterocycles. The van der Waals surface area contributed by atoms with Gasteiger partial charge in [0.05, 0.1) is 0 Å². The molecular formula is C13H22F3N3O. The van der Waals surface area contributed by atoms with E-state index in [9.17, 15) is 18.0 Å². The molecule has 0 radical (unpaired) electrons. The van der Waals surface area contributed by atoms with E-state index in [1.54, 1.807) is 0 Å². The first-order chi connectivity index (χ1) is 9.13. The van der Waals surface area contributed by atoms with E-state index in [4.69, 9.17) is 5.73 Å². The lowest BCUT2D eigenvalue weighted by Crippen LogP contribution is -2.62. The zero-order chi connectivity index (χ0) is 15.1. The fourth-order valence-electron chi connectivity index (χ4n) is 3.24. The van der Waals surface area contributed by atoms with Crippen LogP contribution < -0.4 is 11.1 Å². The van der Waals surface area contributed by atoms with Gasteiger partial charge in [0, 0.05) is 18.6 Å². The molecule has 3 unspecified atom stereocenters. The van der Waals surface area contributed by atoms with E-state index in [2.05, 4.69) is 17.3 Å². The van der Waals surface area contributed by atoms with E-state index in [0.717, 1.165) is 25.7 Å². The van der Waals surface area contributed by atoms with Crippen LogP contribution in [0.3, 0.4) is 0 Å². The van der Waals surface area contributed by atoms with Crippen molar-refractivity contribution in [3.8, 4) is 0 Å². The number of fused-ring (bicyclic) bond motifs is 2. The van der Waals surface area contributed by atoms with E-state index in [1.165, 1.54) is 0 Å². The highest BCUT2D eigenvalue weighted by Gasteiger charge is 2.54. The van der Waals surface area contributed by atoms with Crippen LogP contribution in [-0.2, 0) is 4.79 Å². The lowest BCUT2D eigenvalue weighted by molar-refractivity contribution is -0.187. The van der Waals surface area contributed by atoms with Gasteiger partial charge in [-0.2, -0.15) is 13.2 Å². The molecule has 1 amide bonds. The smallest absolute Gasteiger partial charge is 0.354 e. The molecule has 2 saturated heterocycles. The molecule has 0 aromatic heterocycles. The second-order valence-electron chi connectivity index (χ2n) is 6.30. The Labute approximate surface area is 116 Å². The third-order valence-electron chi connectivity index (χ3n) is 4.81. The van der Waals surface area contributed by atoms with Gasteiger partial charge >= 0.3 is 6.18 Å². The van der Waals surface area contributed by atoms with Crippen molar-refractivity contribution in [2.45, 2.75) is 56.4 Å². The first-order valence-corrected chi connectivity index (χ1v) is 6.98. The monoisotopic (exact) mass is 293 g/mol. The predicted molar refractivity (Wildman–Crippen MR) is 69.0 cm³/mol. The SMILES string of the molecule is CN1C2CCC1CC(CNC(=O)C(C)(N)C(F)(F)F)C2. The molecule has 0 aliphatic carbocycles. The second kappa shape index (κ2) is 5.18. The van der Waals surface area contributed by atoms with E-state index >= 15 is 0 Å². The minimum atomic E-state index is -4.73. The molecule has 0 saturated carbocycles. The number of carbonyl (C=O) groups excluding carboxylic acids is 1. The van der Waals surface area contributed by atoms with Gasteiger partial charge in [0.15, 0.2) is 5.54 Å². The molecule has 3 atom stereocenters. The van der Waals surface area contributed by atoms with E-state index in [-0.39, 0.29) is 12.5 Å². The number of nitrogens with one attached hydrogen (secondary N) is 1. The minimum absolute atomic E-state index is 0.247. The quantitative estimate of drug-likeness (QED) is 0.823. The van der Waals surface area contributed by atoms with Crippen LogP contribution in [0, 0.1) is 5.92 Å². The number of alkyl halides is 3. The van der Waals surface area contributed by atoms with Gasteiger partial charge in [-0.1, -0.05) is 0 Å². The maximum absolute atomic E-state index is 12.6. The topological polar surface area (TPSA) is 58.4 Å². The predicted octanol–water partition coefficient (Wildman–Crippen LogP) is 1.26. The van der Waals surface area contributed by atoms with E-state index in [0.29, 0.717) is 19.0 Å². The Morgan fingerprint density at radius 1 is 1.30 bits per heavy atom. The first kappa shape index (κ1) is 15.6. The van der Waals surface area contributed by atoms with Crippen molar-refractivity contribution in [1.29, 1.82) is 0 Å². The number of halogens is 3. The largest absolute Gasteiger partial charge is 0.415 e. The zero-order valence-electron chi connectivity index (χ0n) is 11.8. The summed E-state index contributed by atoms with van der Waals surface area (Å²) >= 11 is 0. The fourth-order valence-corrected chi connectivity index (χ4v) is 3.24. The molecule has 116 valence electrons. The summed E-state index contributed by atoms with van der Waals surface area (Å²) in [5, 5.41) is 2.38. The summed E-state index contributed by atoms with van der Waals surface area (Å²) in [6.45, 7) is 0.989. The summed E-state index contributed by atoms with van der Waals surface area (Å²) in [5.41, 5.74) is 2.27. The molecular weight excluding hydrogens is 271 g/mol. The van der Waals surface area contributed by atoms with Gasteiger partial charge in [0.25, 0.3) is 0 Å². The molecule has 2 fully saturated rings. The Hall–Kier alpha value is -0.820. The molecule has 7 heteroatoms. The molecule has 2 bridgehead atoms. The molecule has 3 N–H and O–H groups in total. The number of hydrogen-bond donors (Lipinski definition) is 2. The van der Waals surface area contributed by atoms with Gasteiger partial charge < -0.3 is 16.0 Å². The molecule has 2 aliphatic heterocycles. The Balaban J connectivity index is 1.86. The molecule has 0 spiro atoms. The lowest BCUT2D eigenvalue weighted by atomic mass is 9.90. The van der Waals surface area contributed by atoms with Gasteiger partial charge in [0.1, 0.15) is 0 Å². The summed E-state index contributed by atoms with van der Waals surface area (Å²) in [7, 11) is 2.09. The van der Waals surface area contributed by atoms with Crippen LogP contribution in [0.2, 0.25) is 0 Å². The fraction of sp³-hybridized carbons (Fsp3) is 0.923. The van der Waals surface area contributed by atoms with Crippen LogP contribution in [0.1, 0.15) is 32.6 Å². The van der Waals surface area contributed by atoms with Crippen LogP contribution in [0.15, 0.2) is 0 Å². The number of piperidine rings is 1. The lowest BCUT2D eigenvalue weighted by Gasteiger charge is -2.36. The standard InChI is InChI=1S/C13H22F3N3O/c1-12(17,13(14,15)16)11(20)18-7-8-5-9-3-4-10(6-8)19(9)2/h8-10H,3-7,17H2,1-2H3,(H,18,20). The van der Waals surface area contributed by atoms with Crippen molar-refractivity contribution in [3.05, 3.63) is 0 Å². The third-order valence-corrected chi connectivity index (χ3v) is 4.81. The van der Waals surface area contributed by atoms with Crippen molar-refractivity contribution in [3.63, 3.8) is 0 Å². The van der Waals surface area contributed by atoms with Crippen molar-refractivity contribution in [2.75, 3.05) is 13.6 Å². The number of amides is 1.